The van der Waals surface area contributed by atoms with Gasteiger partial charge in [-0.3, -0.25) is 0 Å². The molecule has 0 saturated carbocycles. The molecule has 0 aromatic carbocycles. The molecular weight excluding hydrogens is 403 g/mol. The topological polar surface area (TPSA) is 0 Å². The zero-order valence-corrected chi connectivity index (χ0v) is 12.7. The standard InChI is InChI=1S/Gd.GeH4.Rb.Sr.3H/h;1H4;;;;;/q;;+1;+2;3*-1. The van der Waals surface area contributed by atoms with E-state index in [4.69, 9.17) is 0 Å². The Bertz CT molecular complexity index is 14.9. The summed E-state index contributed by atoms with van der Waals surface area (Å²) in [5, 5.41) is 0. The Morgan fingerprint density at radius 2 is 1.25 bits per heavy atom. The van der Waals surface area contributed by atoms with Gasteiger partial charge in [-0.1, -0.05) is 0 Å². The molecule has 0 rings (SSSR count). The summed E-state index contributed by atoms with van der Waals surface area (Å²) in [5.41, 5.74) is 0. The van der Waals surface area contributed by atoms with Crippen LogP contribution < -0.4 is 58.2 Å². The second-order valence-corrected chi connectivity index (χ2v) is 0. The summed E-state index contributed by atoms with van der Waals surface area (Å²) in [6, 6.07) is 0. The Morgan fingerprint density at radius 3 is 1.25 bits per heavy atom. The number of rotatable bonds is 0. The van der Waals surface area contributed by atoms with Crippen LogP contribution in [0, 0.1) is 39.9 Å². The third-order valence-corrected chi connectivity index (χ3v) is 0. The first kappa shape index (κ1) is 22.9. The third kappa shape index (κ3) is 10.2. The van der Waals surface area contributed by atoms with Crippen molar-refractivity contribution in [2.24, 2.45) is 0 Å². The maximum absolute atomic E-state index is 0. The zero-order chi connectivity index (χ0) is 0. The second-order valence-electron chi connectivity index (χ2n) is 0. The van der Waals surface area contributed by atoms with E-state index in [1.165, 1.54) is 0 Å². The molecule has 0 atom stereocenters. The summed E-state index contributed by atoms with van der Waals surface area (Å²) in [6.45, 7) is 0. The third-order valence-electron chi connectivity index (χ3n) is 0. The number of hydrogen-bond donors (Lipinski definition) is 0. The fourth-order valence-corrected chi connectivity index (χ4v) is 0. The predicted molar refractivity (Wildman–Crippen MR) is 20.4 cm³/mol. The largest absolute Gasteiger partial charge is 2.00 e. The van der Waals surface area contributed by atoms with Crippen molar-refractivity contribution in [1.29, 1.82) is 0 Å². The van der Waals surface area contributed by atoms with Crippen molar-refractivity contribution < 1.29 is 102 Å². The summed E-state index contributed by atoms with van der Waals surface area (Å²) >= 11 is 0. The normalized spacial score (nSPS) is 0. The maximum Gasteiger partial charge on any atom is 2.00 e. The summed E-state index contributed by atoms with van der Waals surface area (Å²) in [5.74, 6) is 0. The predicted octanol–water partition coefficient (Wildman–Crippen LogP) is -4.49. The molecule has 0 aliphatic heterocycles. The molecule has 0 aliphatic carbocycles. The fraction of sp³-hybridized carbons (Fsp3) is 0. The molecule has 0 radical (unpaired) electrons. The molecule has 0 heterocycles. The number of hydrogen-bond acceptors (Lipinski definition) is 0. The summed E-state index contributed by atoms with van der Waals surface area (Å²) < 4.78 is 0. The molecule has 22 valence electrons. The molecule has 0 unspecified atom stereocenters. The van der Waals surface area contributed by atoms with Crippen LogP contribution in [0.3, 0.4) is 0 Å². The van der Waals surface area contributed by atoms with Gasteiger partial charge in [-0.2, -0.15) is 0 Å². The van der Waals surface area contributed by atoms with Crippen molar-refractivity contribution >= 4 is 63.1 Å². The van der Waals surface area contributed by atoms with Crippen LogP contribution >= 0.6 is 0 Å². The van der Waals surface area contributed by atoms with Crippen molar-refractivity contribution in [1.82, 2.24) is 0 Å². The van der Waals surface area contributed by atoms with Crippen molar-refractivity contribution in [2.45, 2.75) is 0 Å². The van der Waals surface area contributed by atoms with Crippen LogP contribution in [0.5, 0.6) is 0 Å². The van der Waals surface area contributed by atoms with Gasteiger partial charge in [0.1, 0.15) is 0 Å². The van der Waals surface area contributed by atoms with Crippen LogP contribution in [0.2, 0.25) is 0 Å². The van der Waals surface area contributed by atoms with E-state index >= 15 is 0 Å². The molecule has 0 amide bonds. The monoisotopic (exact) mass is 412 g/mol. The van der Waals surface area contributed by atoms with Gasteiger partial charge in [-0.25, -0.2) is 0 Å². The molecule has 4 heteroatoms. The van der Waals surface area contributed by atoms with Gasteiger partial charge < -0.3 is 4.28 Å². The van der Waals surface area contributed by atoms with E-state index in [0.717, 1.165) is 0 Å². The molecule has 0 bridgehead atoms. The first-order chi connectivity index (χ1) is 0. The van der Waals surface area contributed by atoms with E-state index in [0.29, 0.717) is 0 Å². The fourth-order valence-electron chi connectivity index (χ4n) is 0. The van der Waals surface area contributed by atoms with Crippen molar-refractivity contribution in [3.63, 3.8) is 0 Å². The summed E-state index contributed by atoms with van der Waals surface area (Å²) in [7, 11) is 0. The van der Waals surface area contributed by atoms with Gasteiger partial charge in [0.2, 0.25) is 0 Å². The van der Waals surface area contributed by atoms with Crippen LogP contribution in [0.15, 0.2) is 0 Å². The first-order valence-corrected chi connectivity index (χ1v) is 0. The van der Waals surface area contributed by atoms with Crippen LogP contribution in [-0.2, 0) is 0 Å². The van der Waals surface area contributed by atoms with E-state index in [1.807, 2.05) is 0 Å². The van der Waals surface area contributed by atoms with Gasteiger partial charge in [-0.15, -0.1) is 0 Å². The van der Waals surface area contributed by atoms with E-state index < -0.39 is 0 Å². The Labute approximate surface area is 160 Å². The Hall–Kier alpha value is 5.15. The molecule has 0 N–H and O–H groups in total. The van der Waals surface area contributed by atoms with E-state index in [9.17, 15) is 0 Å². The van der Waals surface area contributed by atoms with Gasteiger partial charge in [0.15, 0.2) is 0 Å². The Kier molecular flexibility index (Phi) is 90.0. The van der Waals surface area contributed by atoms with Gasteiger partial charge >= 0.3 is 121 Å². The molecule has 0 aromatic heterocycles. The smallest absolute Gasteiger partial charge is 1.00 e. The SMILES string of the molecule is [Gd].[GeH4].[H-].[H-].[H-].[Rb+].[Sr+2]. The quantitative estimate of drug-likeness (QED) is 0.354. The Balaban J connectivity index is 0. The molecule has 0 saturated heterocycles. The average Bonchev–Trinajstić information content (AvgIpc) is 0. The summed E-state index contributed by atoms with van der Waals surface area (Å²) in [4.78, 5) is 0. The van der Waals surface area contributed by atoms with Crippen molar-refractivity contribution in [2.75, 3.05) is 0 Å². The molecular formula is H7GdGeRbSr. The Morgan fingerprint density at radius 1 is 1.25 bits per heavy atom. The minimum atomic E-state index is 0. The van der Waals surface area contributed by atoms with E-state index in [-0.39, 0.29) is 165 Å². The molecule has 0 aliphatic rings. The molecule has 0 nitrogen and oxygen atoms in total. The molecule has 0 spiro atoms. The minimum absolute atomic E-state index is 0. The van der Waals surface area contributed by atoms with Gasteiger partial charge in [0.05, 0.1) is 0 Å². The molecule has 0 aromatic rings. The maximum atomic E-state index is 0. The van der Waals surface area contributed by atoms with Crippen molar-refractivity contribution in [3.8, 4) is 0 Å². The van der Waals surface area contributed by atoms with Crippen LogP contribution in [0.25, 0.3) is 0 Å². The first-order valence-electron chi connectivity index (χ1n) is 0. The van der Waals surface area contributed by atoms with Crippen LogP contribution in [0.1, 0.15) is 4.28 Å². The minimum Gasteiger partial charge on any atom is -1.00 e. The molecule has 4 heavy (non-hydrogen) atoms. The summed E-state index contributed by atoms with van der Waals surface area (Å²) in [6.07, 6.45) is 0. The van der Waals surface area contributed by atoms with Crippen molar-refractivity contribution in [3.05, 3.63) is 0 Å². The zero-order valence-electron chi connectivity index (χ0n) is 5.06. The van der Waals surface area contributed by atoms with Crippen LogP contribution in [0.4, 0.5) is 0 Å². The van der Waals surface area contributed by atoms with Gasteiger partial charge in [-0.05, 0) is 0 Å². The van der Waals surface area contributed by atoms with Gasteiger partial charge in [0, 0.05) is 39.9 Å². The second kappa shape index (κ2) is 15.7. The van der Waals surface area contributed by atoms with E-state index in [2.05, 4.69) is 0 Å². The molecule has 0 fully saturated rings. The van der Waals surface area contributed by atoms with Gasteiger partial charge in [0.25, 0.3) is 0 Å². The van der Waals surface area contributed by atoms with Crippen LogP contribution in [-0.4, -0.2) is 63.1 Å². The average molecular weight is 410 g/mol. The van der Waals surface area contributed by atoms with E-state index in [1.54, 1.807) is 0 Å².